The minimum Gasteiger partial charge on any atom is -0.326 e. The normalized spacial score (nSPS) is 16.2. The first-order valence-corrected chi connectivity index (χ1v) is 7.27. The van der Waals surface area contributed by atoms with E-state index in [0.717, 1.165) is 29.2 Å². The van der Waals surface area contributed by atoms with Crippen molar-refractivity contribution < 1.29 is 0 Å². The Hall–Kier alpha value is -1.06. The number of imidazole rings is 1. The zero-order valence-corrected chi connectivity index (χ0v) is 12.2. The molecule has 0 spiro atoms. The number of halogens is 1. The van der Waals surface area contributed by atoms with Gasteiger partial charge in [-0.25, -0.2) is 4.98 Å². The molecule has 0 radical (unpaired) electrons. The Kier molecular flexibility index (Phi) is 3.06. The highest BCUT2D eigenvalue weighted by molar-refractivity contribution is 6.31. The second-order valence-electron chi connectivity index (χ2n) is 6.25. The molecule has 0 amide bonds. The smallest absolute Gasteiger partial charge is 0.110 e. The zero-order chi connectivity index (χ0) is 13.6. The number of hydrogen-bond acceptors (Lipinski definition) is 2. The topological polar surface area (TPSA) is 43.8 Å². The Morgan fingerprint density at radius 1 is 1.42 bits per heavy atom. The predicted octanol–water partition coefficient (Wildman–Crippen LogP) is 3.69. The predicted molar refractivity (Wildman–Crippen MR) is 79.6 cm³/mol. The van der Waals surface area contributed by atoms with Crippen LogP contribution in [0, 0.1) is 0 Å². The molecule has 19 heavy (non-hydrogen) atoms. The van der Waals surface area contributed by atoms with Gasteiger partial charge in [0.25, 0.3) is 0 Å². The summed E-state index contributed by atoms with van der Waals surface area (Å²) in [4.78, 5) is 4.77. The Morgan fingerprint density at radius 3 is 2.79 bits per heavy atom. The summed E-state index contributed by atoms with van der Waals surface area (Å²) >= 11 is 6.11. The van der Waals surface area contributed by atoms with Crippen LogP contribution in [0.2, 0.25) is 5.02 Å². The fourth-order valence-corrected chi connectivity index (χ4v) is 2.63. The number of rotatable bonds is 4. The van der Waals surface area contributed by atoms with E-state index in [0.29, 0.717) is 6.04 Å². The van der Waals surface area contributed by atoms with E-state index in [2.05, 4.69) is 18.4 Å². The third kappa shape index (κ3) is 2.77. The van der Waals surface area contributed by atoms with Crippen LogP contribution in [-0.4, -0.2) is 15.1 Å². The number of aryl methyl sites for hydroxylation is 1. The largest absolute Gasteiger partial charge is 0.326 e. The average Bonchev–Trinajstić information content (AvgIpc) is 3.07. The SMILES string of the molecule is CC(C)(N)CCc1nc2ccc(Cl)cc2n1C1CC1. The molecule has 0 unspecified atom stereocenters. The van der Waals surface area contributed by atoms with E-state index < -0.39 is 0 Å². The van der Waals surface area contributed by atoms with Crippen molar-refractivity contribution in [1.29, 1.82) is 0 Å². The Labute approximate surface area is 118 Å². The minimum atomic E-state index is -0.149. The van der Waals surface area contributed by atoms with Crippen molar-refractivity contribution in [3.05, 3.63) is 29.0 Å². The molecular formula is C15H20ClN3. The molecular weight excluding hydrogens is 258 g/mol. The van der Waals surface area contributed by atoms with Crippen LogP contribution in [0.15, 0.2) is 18.2 Å². The lowest BCUT2D eigenvalue weighted by molar-refractivity contribution is 0.465. The number of nitrogens with zero attached hydrogens (tertiary/aromatic N) is 2. The molecule has 0 aliphatic heterocycles. The van der Waals surface area contributed by atoms with Crippen LogP contribution in [0.1, 0.15) is 45.0 Å². The highest BCUT2D eigenvalue weighted by atomic mass is 35.5. The summed E-state index contributed by atoms with van der Waals surface area (Å²) in [5.41, 5.74) is 8.15. The van der Waals surface area contributed by atoms with Gasteiger partial charge in [0.2, 0.25) is 0 Å². The monoisotopic (exact) mass is 277 g/mol. The van der Waals surface area contributed by atoms with Gasteiger partial charge in [0, 0.05) is 23.0 Å². The van der Waals surface area contributed by atoms with Gasteiger partial charge in [0.1, 0.15) is 5.82 Å². The summed E-state index contributed by atoms with van der Waals surface area (Å²) in [6.45, 7) is 4.13. The summed E-state index contributed by atoms with van der Waals surface area (Å²) in [5, 5.41) is 0.778. The average molecular weight is 278 g/mol. The number of nitrogens with two attached hydrogens (primary N) is 1. The number of aromatic nitrogens is 2. The van der Waals surface area contributed by atoms with Crippen LogP contribution < -0.4 is 5.73 Å². The molecule has 4 heteroatoms. The minimum absolute atomic E-state index is 0.149. The molecule has 0 saturated heterocycles. The molecule has 3 rings (SSSR count). The fourth-order valence-electron chi connectivity index (χ4n) is 2.47. The van der Waals surface area contributed by atoms with Crippen LogP contribution in [0.4, 0.5) is 0 Å². The number of fused-ring (bicyclic) bond motifs is 1. The van der Waals surface area contributed by atoms with Crippen LogP contribution in [0.3, 0.4) is 0 Å². The quantitative estimate of drug-likeness (QED) is 0.926. The van der Waals surface area contributed by atoms with Crippen LogP contribution in [0.25, 0.3) is 11.0 Å². The third-order valence-corrected chi connectivity index (χ3v) is 3.86. The molecule has 1 heterocycles. The maximum atomic E-state index is 6.11. The van der Waals surface area contributed by atoms with Gasteiger partial charge in [-0.2, -0.15) is 0 Å². The van der Waals surface area contributed by atoms with Gasteiger partial charge in [-0.1, -0.05) is 11.6 Å². The van der Waals surface area contributed by atoms with Crippen LogP contribution in [0.5, 0.6) is 0 Å². The molecule has 1 aliphatic carbocycles. The second-order valence-corrected chi connectivity index (χ2v) is 6.69. The maximum Gasteiger partial charge on any atom is 0.110 e. The van der Waals surface area contributed by atoms with Gasteiger partial charge in [-0.05, 0) is 51.3 Å². The van der Waals surface area contributed by atoms with Gasteiger partial charge in [0.15, 0.2) is 0 Å². The Bertz CT molecular complexity index is 606. The fraction of sp³-hybridized carbons (Fsp3) is 0.533. The van der Waals surface area contributed by atoms with Crippen molar-refractivity contribution in [1.82, 2.24) is 9.55 Å². The lowest BCUT2D eigenvalue weighted by Crippen LogP contribution is -2.32. The maximum absolute atomic E-state index is 6.11. The number of hydrogen-bond donors (Lipinski definition) is 1. The Balaban J connectivity index is 2.00. The van der Waals surface area contributed by atoms with Crippen LogP contribution in [-0.2, 0) is 6.42 Å². The zero-order valence-electron chi connectivity index (χ0n) is 11.5. The highest BCUT2D eigenvalue weighted by Gasteiger charge is 2.28. The first kappa shape index (κ1) is 12.9. The number of benzene rings is 1. The van der Waals surface area contributed by atoms with Crippen molar-refractivity contribution in [2.75, 3.05) is 0 Å². The van der Waals surface area contributed by atoms with Crippen molar-refractivity contribution >= 4 is 22.6 Å². The first-order valence-electron chi connectivity index (χ1n) is 6.89. The lowest BCUT2D eigenvalue weighted by Gasteiger charge is -2.18. The first-order chi connectivity index (χ1) is 8.94. The van der Waals surface area contributed by atoms with Crippen molar-refractivity contribution in [2.45, 2.75) is 51.1 Å². The molecule has 1 fully saturated rings. The molecule has 2 aromatic rings. The summed E-state index contributed by atoms with van der Waals surface area (Å²) in [5.74, 6) is 1.15. The van der Waals surface area contributed by atoms with E-state index in [4.69, 9.17) is 22.3 Å². The molecule has 0 atom stereocenters. The summed E-state index contributed by atoms with van der Waals surface area (Å²) < 4.78 is 2.37. The van der Waals surface area contributed by atoms with Gasteiger partial charge in [-0.15, -0.1) is 0 Å². The van der Waals surface area contributed by atoms with E-state index in [1.54, 1.807) is 0 Å². The van der Waals surface area contributed by atoms with Gasteiger partial charge in [0.05, 0.1) is 11.0 Å². The molecule has 1 aliphatic rings. The van der Waals surface area contributed by atoms with E-state index >= 15 is 0 Å². The summed E-state index contributed by atoms with van der Waals surface area (Å²) in [6, 6.07) is 6.55. The highest BCUT2D eigenvalue weighted by Crippen LogP contribution is 2.39. The summed E-state index contributed by atoms with van der Waals surface area (Å²) in [7, 11) is 0. The van der Waals surface area contributed by atoms with Crippen molar-refractivity contribution in [3.8, 4) is 0 Å². The van der Waals surface area contributed by atoms with Crippen LogP contribution >= 0.6 is 11.6 Å². The van der Waals surface area contributed by atoms with E-state index in [9.17, 15) is 0 Å². The van der Waals surface area contributed by atoms with E-state index in [1.165, 1.54) is 18.4 Å². The van der Waals surface area contributed by atoms with Gasteiger partial charge < -0.3 is 10.3 Å². The molecule has 1 aromatic heterocycles. The molecule has 1 saturated carbocycles. The van der Waals surface area contributed by atoms with E-state index in [-0.39, 0.29) is 5.54 Å². The van der Waals surface area contributed by atoms with Gasteiger partial charge >= 0.3 is 0 Å². The second kappa shape index (κ2) is 4.50. The molecule has 3 nitrogen and oxygen atoms in total. The Morgan fingerprint density at radius 2 is 2.16 bits per heavy atom. The van der Waals surface area contributed by atoms with Crippen molar-refractivity contribution in [3.63, 3.8) is 0 Å². The van der Waals surface area contributed by atoms with Crippen molar-refractivity contribution in [2.24, 2.45) is 5.73 Å². The van der Waals surface area contributed by atoms with Gasteiger partial charge in [-0.3, -0.25) is 0 Å². The third-order valence-electron chi connectivity index (χ3n) is 3.63. The molecule has 1 aromatic carbocycles. The summed E-state index contributed by atoms with van der Waals surface area (Å²) in [6.07, 6.45) is 4.36. The molecule has 102 valence electrons. The van der Waals surface area contributed by atoms with E-state index in [1.807, 2.05) is 18.2 Å². The lowest BCUT2D eigenvalue weighted by atomic mass is 10.00. The standard InChI is InChI=1S/C15H20ClN3/c1-15(2,17)8-7-14-18-12-6-3-10(16)9-13(12)19(14)11-4-5-11/h3,6,9,11H,4-5,7-8,17H2,1-2H3. The molecule has 0 bridgehead atoms. The molecule has 2 N–H and O–H groups in total.